The number of carbonyl (C=O) groups excluding carboxylic acids is 1. The summed E-state index contributed by atoms with van der Waals surface area (Å²) >= 11 is 11.9. The van der Waals surface area contributed by atoms with Crippen LogP contribution in [0.15, 0.2) is 84.0 Å². The maximum absolute atomic E-state index is 12.4. The average molecular weight is 578 g/mol. The van der Waals surface area contributed by atoms with Crippen molar-refractivity contribution in [2.24, 2.45) is 5.10 Å². The second-order valence-corrected chi connectivity index (χ2v) is 10.5. The highest BCUT2D eigenvalue weighted by Crippen LogP contribution is 2.28. The molecule has 0 spiro atoms. The van der Waals surface area contributed by atoms with Gasteiger partial charge >= 0.3 is 0 Å². The number of halogens is 2. The molecule has 4 aromatic carbocycles. The van der Waals surface area contributed by atoms with E-state index in [1.165, 1.54) is 23.8 Å². The predicted molar refractivity (Wildman–Crippen MR) is 161 cm³/mol. The van der Waals surface area contributed by atoms with Crippen LogP contribution in [0.1, 0.15) is 21.5 Å². The summed E-state index contributed by atoms with van der Waals surface area (Å²) in [4.78, 5) is 17.3. The molecule has 0 unspecified atom stereocenters. The van der Waals surface area contributed by atoms with Gasteiger partial charge in [0, 0.05) is 60.8 Å². The number of hydrogen-bond donors (Lipinski definition) is 2. The van der Waals surface area contributed by atoms with Gasteiger partial charge in [0.1, 0.15) is 18.1 Å². The zero-order valence-electron chi connectivity index (χ0n) is 21.9. The van der Waals surface area contributed by atoms with Gasteiger partial charge < -0.3 is 9.84 Å². The van der Waals surface area contributed by atoms with E-state index in [2.05, 4.69) is 32.5 Å². The smallest absolute Gasteiger partial charge is 0.271 e. The molecule has 1 aliphatic heterocycles. The van der Waals surface area contributed by atoms with Crippen LogP contribution in [0.3, 0.4) is 0 Å². The van der Waals surface area contributed by atoms with E-state index in [1.807, 2.05) is 48.5 Å². The Morgan fingerprint density at radius 3 is 2.40 bits per heavy atom. The topological polar surface area (TPSA) is 77.4 Å². The third-order valence-electron chi connectivity index (χ3n) is 6.95. The maximum Gasteiger partial charge on any atom is 0.271 e. The number of phenols is 1. The number of hydrogen-bond acceptors (Lipinski definition) is 6. The van der Waals surface area contributed by atoms with Crippen LogP contribution in [0.5, 0.6) is 11.5 Å². The first-order chi connectivity index (χ1) is 19.5. The van der Waals surface area contributed by atoms with Crippen LogP contribution in [0, 0.1) is 0 Å². The number of amides is 1. The average Bonchev–Trinajstić information content (AvgIpc) is 2.97. The number of benzene rings is 4. The highest BCUT2D eigenvalue weighted by molar-refractivity contribution is 6.32. The van der Waals surface area contributed by atoms with E-state index < -0.39 is 5.91 Å². The van der Waals surface area contributed by atoms with Gasteiger partial charge in [-0.3, -0.25) is 14.6 Å². The molecule has 1 fully saturated rings. The number of ether oxygens (including phenoxy) is 1. The van der Waals surface area contributed by atoms with Gasteiger partial charge in [-0.05, 0) is 53.4 Å². The van der Waals surface area contributed by atoms with Crippen molar-refractivity contribution < 1.29 is 14.6 Å². The van der Waals surface area contributed by atoms with E-state index in [0.717, 1.165) is 66.4 Å². The molecule has 1 aliphatic rings. The van der Waals surface area contributed by atoms with Crippen molar-refractivity contribution in [1.29, 1.82) is 0 Å². The quantitative estimate of drug-likeness (QED) is 0.194. The van der Waals surface area contributed by atoms with Gasteiger partial charge in [0.2, 0.25) is 0 Å². The Balaban J connectivity index is 1.14. The molecule has 0 atom stereocenters. The molecule has 2 N–H and O–H groups in total. The van der Waals surface area contributed by atoms with Crippen molar-refractivity contribution in [1.82, 2.24) is 15.2 Å². The van der Waals surface area contributed by atoms with Crippen molar-refractivity contribution in [2.45, 2.75) is 6.54 Å². The monoisotopic (exact) mass is 576 g/mol. The molecule has 206 valence electrons. The molecule has 0 saturated carbocycles. The molecule has 1 saturated heterocycles. The molecule has 0 bridgehead atoms. The summed E-state index contributed by atoms with van der Waals surface area (Å²) < 4.78 is 6.22. The SMILES string of the molecule is O=C(NN=Cc1ccc(OCCN2CCN(Cc3ccc(Cl)cc3)CC2)c2ccccc12)c1ccc(O)c(Cl)c1. The standard InChI is InChI=1S/C31H30Cl2N4O3/c32-25-9-5-22(6-10-25)21-37-15-13-36(14-16-37)17-18-40-30-12-8-24(26-3-1-2-4-27(26)30)20-34-35-31(39)23-7-11-29(38)28(33)19-23/h1-12,19-20,38H,13-18,21H2,(H,35,39). The van der Waals surface area contributed by atoms with E-state index in [1.54, 1.807) is 6.21 Å². The highest BCUT2D eigenvalue weighted by Gasteiger charge is 2.17. The third-order valence-corrected chi connectivity index (χ3v) is 7.50. The van der Waals surface area contributed by atoms with E-state index in [4.69, 9.17) is 27.9 Å². The van der Waals surface area contributed by atoms with Crippen LogP contribution in [0.2, 0.25) is 10.0 Å². The number of aromatic hydroxyl groups is 1. The van der Waals surface area contributed by atoms with Crippen molar-refractivity contribution in [2.75, 3.05) is 39.3 Å². The lowest BCUT2D eigenvalue weighted by Gasteiger charge is -2.34. The van der Waals surface area contributed by atoms with Gasteiger partial charge in [-0.15, -0.1) is 0 Å². The highest BCUT2D eigenvalue weighted by atomic mass is 35.5. The van der Waals surface area contributed by atoms with Gasteiger partial charge in [-0.25, -0.2) is 5.43 Å². The number of fused-ring (bicyclic) bond motifs is 1. The van der Waals surface area contributed by atoms with Crippen LogP contribution in [0.25, 0.3) is 10.8 Å². The third kappa shape index (κ3) is 7.11. The largest absolute Gasteiger partial charge is 0.506 e. The van der Waals surface area contributed by atoms with E-state index >= 15 is 0 Å². The number of phenolic OH excluding ortho intramolecular Hbond substituents is 1. The summed E-state index contributed by atoms with van der Waals surface area (Å²) in [6, 6.07) is 24.2. The lowest BCUT2D eigenvalue weighted by atomic mass is 10.0. The van der Waals surface area contributed by atoms with Crippen LogP contribution in [-0.2, 0) is 6.54 Å². The Kier molecular flexibility index (Phi) is 9.19. The fourth-order valence-corrected chi connectivity index (χ4v) is 5.02. The minimum atomic E-state index is -0.423. The summed E-state index contributed by atoms with van der Waals surface area (Å²) in [6.07, 6.45) is 1.61. The van der Waals surface area contributed by atoms with Crippen LogP contribution in [0.4, 0.5) is 0 Å². The van der Waals surface area contributed by atoms with Crippen molar-refractivity contribution in [3.63, 3.8) is 0 Å². The van der Waals surface area contributed by atoms with E-state index in [0.29, 0.717) is 12.2 Å². The molecule has 7 nitrogen and oxygen atoms in total. The molecule has 40 heavy (non-hydrogen) atoms. The van der Waals surface area contributed by atoms with E-state index in [-0.39, 0.29) is 10.8 Å². The van der Waals surface area contributed by atoms with Crippen molar-refractivity contribution in [3.05, 3.63) is 106 Å². The molecule has 5 rings (SSSR count). The van der Waals surface area contributed by atoms with E-state index in [9.17, 15) is 9.90 Å². The Labute approximate surface area is 243 Å². The zero-order valence-corrected chi connectivity index (χ0v) is 23.4. The molecule has 0 aliphatic carbocycles. The van der Waals surface area contributed by atoms with Crippen molar-refractivity contribution in [3.8, 4) is 11.5 Å². The molecule has 0 aromatic heterocycles. The molecular weight excluding hydrogens is 547 g/mol. The zero-order chi connectivity index (χ0) is 27.9. The Morgan fingerprint density at radius 2 is 1.65 bits per heavy atom. The van der Waals surface area contributed by atoms with Gasteiger partial charge in [-0.1, -0.05) is 59.6 Å². The molecule has 0 radical (unpaired) electrons. The fourth-order valence-electron chi connectivity index (χ4n) is 4.71. The first-order valence-electron chi connectivity index (χ1n) is 13.1. The Hall–Kier alpha value is -3.62. The molecular formula is C31H30Cl2N4O3. The summed E-state index contributed by atoms with van der Waals surface area (Å²) in [6.45, 7) is 6.47. The van der Waals surface area contributed by atoms with Crippen LogP contribution < -0.4 is 10.2 Å². The minimum absolute atomic E-state index is 0.0803. The number of piperazine rings is 1. The number of rotatable bonds is 9. The molecule has 1 heterocycles. The van der Waals surface area contributed by atoms with Crippen LogP contribution >= 0.6 is 23.2 Å². The number of nitrogens with one attached hydrogen (secondary N) is 1. The van der Waals surface area contributed by atoms with Gasteiger partial charge in [0.05, 0.1) is 11.2 Å². The van der Waals surface area contributed by atoms with Crippen LogP contribution in [-0.4, -0.2) is 66.4 Å². The summed E-state index contributed by atoms with van der Waals surface area (Å²) in [7, 11) is 0. The van der Waals surface area contributed by atoms with Crippen molar-refractivity contribution >= 4 is 46.1 Å². The number of carbonyl (C=O) groups is 1. The lowest BCUT2D eigenvalue weighted by Crippen LogP contribution is -2.47. The first-order valence-corrected chi connectivity index (χ1v) is 13.9. The normalized spacial score (nSPS) is 14.6. The first kappa shape index (κ1) is 27.9. The second-order valence-electron chi connectivity index (χ2n) is 9.66. The maximum atomic E-state index is 12.4. The summed E-state index contributed by atoms with van der Waals surface area (Å²) in [5, 5.41) is 16.5. The fraction of sp³-hybridized carbons (Fsp3) is 0.226. The van der Waals surface area contributed by atoms with Gasteiger partial charge in [0.15, 0.2) is 0 Å². The van der Waals surface area contributed by atoms with Gasteiger partial charge in [-0.2, -0.15) is 5.10 Å². The summed E-state index contributed by atoms with van der Waals surface area (Å²) in [5.41, 5.74) is 4.94. The lowest BCUT2D eigenvalue weighted by molar-refractivity contribution is 0.0955. The van der Waals surface area contributed by atoms with Gasteiger partial charge in [0.25, 0.3) is 5.91 Å². The Bertz CT molecular complexity index is 1500. The Morgan fingerprint density at radius 1 is 0.925 bits per heavy atom. The summed E-state index contributed by atoms with van der Waals surface area (Å²) in [5.74, 6) is 0.313. The number of nitrogens with zero attached hydrogens (tertiary/aromatic N) is 3. The molecule has 9 heteroatoms. The second kappa shape index (κ2) is 13.2. The predicted octanol–water partition coefficient (Wildman–Crippen LogP) is 5.81. The molecule has 1 amide bonds. The molecule has 4 aromatic rings. The minimum Gasteiger partial charge on any atom is -0.506 e. The number of hydrazone groups is 1.